The Morgan fingerprint density at radius 2 is 1.87 bits per heavy atom. The van der Waals surface area contributed by atoms with Crippen molar-refractivity contribution in [3.05, 3.63) is 104 Å². The largest absolute Gasteiger partial charge is 0.464 e. The average molecular weight is 478 g/mol. The van der Waals surface area contributed by atoms with Crippen molar-refractivity contribution in [3.8, 4) is 5.75 Å². The van der Waals surface area contributed by atoms with Crippen LogP contribution in [0.5, 0.6) is 5.75 Å². The molecule has 156 valence electrons. The maximum atomic E-state index is 11.0. The number of hydrogen-bond donors (Lipinski definition) is 0. The number of hydrogen-bond acceptors (Lipinski definition) is 5. The molecule has 5 rings (SSSR count). The third-order valence-electron chi connectivity index (χ3n) is 5.84. The minimum Gasteiger partial charge on any atom is -0.464 e. The molecule has 2 atom stereocenters. The fourth-order valence-corrected chi connectivity index (χ4v) is 4.52. The van der Waals surface area contributed by atoms with Gasteiger partial charge in [-0.15, -0.1) is 0 Å². The molecular weight excluding hydrogens is 458 g/mol. The minimum absolute atomic E-state index is 0.0299. The summed E-state index contributed by atoms with van der Waals surface area (Å²) in [4.78, 5) is 10.7. The van der Waals surface area contributed by atoms with Crippen molar-refractivity contribution in [1.29, 1.82) is 0 Å². The number of nitro benzene ring substituents is 1. The summed E-state index contributed by atoms with van der Waals surface area (Å²) in [5.41, 5.74) is 5.37. The van der Waals surface area contributed by atoms with E-state index >= 15 is 0 Å². The van der Waals surface area contributed by atoms with E-state index < -0.39 is 11.2 Å². The van der Waals surface area contributed by atoms with E-state index in [4.69, 9.17) is 9.84 Å². The molecule has 2 aliphatic rings. The van der Waals surface area contributed by atoms with E-state index in [9.17, 15) is 10.1 Å². The molecule has 0 N–H and O–H groups in total. The Balaban J connectivity index is 1.55. The molecule has 2 aliphatic heterocycles. The first-order chi connectivity index (χ1) is 15.0. The molecule has 3 aromatic carbocycles. The first-order valence-corrected chi connectivity index (χ1v) is 11.0. The van der Waals surface area contributed by atoms with Gasteiger partial charge in [-0.05, 0) is 47.9 Å². The van der Waals surface area contributed by atoms with Crippen molar-refractivity contribution in [3.63, 3.8) is 0 Å². The van der Waals surface area contributed by atoms with Crippen LogP contribution in [0.3, 0.4) is 0 Å². The van der Waals surface area contributed by atoms with Gasteiger partial charge in [-0.3, -0.25) is 10.1 Å². The number of hydrazone groups is 1. The lowest BCUT2D eigenvalue weighted by Crippen LogP contribution is -2.33. The van der Waals surface area contributed by atoms with Crippen LogP contribution in [0.25, 0.3) is 0 Å². The van der Waals surface area contributed by atoms with Gasteiger partial charge in [-0.25, -0.2) is 5.01 Å². The van der Waals surface area contributed by atoms with Crippen molar-refractivity contribution in [2.75, 3.05) is 0 Å². The second-order valence-corrected chi connectivity index (χ2v) is 8.61. The number of ether oxygens (including phenoxy) is 1. The molecule has 0 aromatic heterocycles. The lowest BCUT2D eigenvalue weighted by atomic mass is 9.95. The van der Waals surface area contributed by atoms with Crippen LogP contribution in [-0.4, -0.2) is 15.6 Å². The molecule has 31 heavy (non-hydrogen) atoms. The minimum atomic E-state index is -0.452. The van der Waals surface area contributed by atoms with Crippen LogP contribution >= 0.6 is 15.9 Å². The molecule has 2 heterocycles. The Hall–Kier alpha value is -3.19. The van der Waals surface area contributed by atoms with E-state index in [2.05, 4.69) is 53.2 Å². The standard InChI is InChI=1S/C24H20BrN3O3/c1-2-15-3-5-16(6-4-15)21-14-22-20-13-18(25)9-12-23(20)31-24(27(22)26-21)17-7-10-19(11-8-17)28(29)30/h3-13,22,24H,2,14H2,1H3/t22-,24-/m0/s1. The smallest absolute Gasteiger partial charge is 0.269 e. The summed E-state index contributed by atoms with van der Waals surface area (Å²) >= 11 is 3.57. The molecule has 7 heteroatoms. The Morgan fingerprint density at radius 3 is 2.55 bits per heavy atom. The molecule has 0 radical (unpaired) electrons. The molecular formula is C24H20BrN3O3. The zero-order valence-corrected chi connectivity index (χ0v) is 18.5. The van der Waals surface area contributed by atoms with E-state index in [1.165, 1.54) is 17.7 Å². The molecule has 0 spiro atoms. The lowest BCUT2D eigenvalue weighted by Gasteiger charge is -2.38. The van der Waals surface area contributed by atoms with Gasteiger partial charge in [0.05, 0.1) is 16.7 Å². The van der Waals surface area contributed by atoms with Gasteiger partial charge in [0.1, 0.15) is 5.75 Å². The number of nitrogens with zero attached hydrogens (tertiary/aromatic N) is 3. The fraction of sp³-hybridized carbons (Fsp3) is 0.208. The van der Waals surface area contributed by atoms with Gasteiger partial charge in [-0.2, -0.15) is 5.10 Å². The Labute approximate surface area is 188 Å². The predicted octanol–water partition coefficient (Wildman–Crippen LogP) is 6.16. The van der Waals surface area contributed by atoms with Crippen LogP contribution in [0.2, 0.25) is 0 Å². The molecule has 0 bridgehead atoms. The zero-order chi connectivity index (χ0) is 21.5. The third kappa shape index (κ3) is 3.59. The van der Waals surface area contributed by atoms with E-state index in [0.29, 0.717) is 0 Å². The van der Waals surface area contributed by atoms with E-state index in [0.717, 1.165) is 45.5 Å². The van der Waals surface area contributed by atoms with Gasteiger partial charge < -0.3 is 4.74 Å². The van der Waals surface area contributed by atoms with Gasteiger partial charge in [-0.1, -0.05) is 47.1 Å². The number of benzene rings is 3. The van der Waals surface area contributed by atoms with Crippen molar-refractivity contribution < 1.29 is 9.66 Å². The normalized spacial score (nSPS) is 19.3. The summed E-state index contributed by atoms with van der Waals surface area (Å²) in [6.45, 7) is 2.14. The lowest BCUT2D eigenvalue weighted by molar-refractivity contribution is -0.384. The predicted molar refractivity (Wildman–Crippen MR) is 122 cm³/mol. The third-order valence-corrected chi connectivity index (χ3v) is 6.33. The molecule has 0 aliphatic carbocycles. The summed E-state index contributed by atoms with van der Waals surface area (Å²) in [5.74, 6) is 0.811. The quantitative estimate of drug-likeness (QED) is 0.333. The van der Waals surface area contributed by atoms with E-state index in [1.807, 2.05) is 17.1 Å². The first kappa shape index (κ1) is 19.8. The Bertz CT molecular complexity index is 1180. The summed E-state index contributed by atoms with van der Waals surface area (Å²) in [6, 6.07) is 21.1. The topological polar surface area (TPSA) is 68.0 Å². The van der Waals surface area contributed by atoms with Crippen molar-refractivity contribution in [2.45, 2.75) is 32.0 Å². The fourth-order valence-electron chi connectivity index (χ4n) is 4.15. The summed E-state index contributed by atoms with van der Waals surface area (Å²) < 4.78 is 7.33. The molecule has 3 aromatic rings. The van der Waals surface area contributed by atoms with Crippen LogP contribution in [0.15, 0.2) is 76.3 Å². The molecule has 0 saturated carbocycles. The monoisotopic (exact) mass is 477 g/mol. The highest BCUT2D eigenvalue weighted by molar-refractivity contribution is 9.10. The van der Waals surface area contributed by atoms with Crippen molar-refractivity contribution in [2.24, 2.45) is 5.10 Å². The number of rotatable bonds is 4. The summed E-state index contributed by atoms with van der Waals surface area (Å²) in [7, 11) is 0. The molecule has 0 fully saturated rings. The van der Waals surface area contributed by atoms with Crippen LogP contribution in [0, 0.1) is 10.1 Å². The van der Waals surface area contributed by atoms with Gasteiger partial charge in [0, 0.05) is 34.2 Å². The maximum absolute atomic E-state index is 11.0. The van der Waals surface area contributed by atoms with Gasteiger partial charge in [0.2, 0.25) is 6.23 Å². The molecule has 6 nitrogen and oxygen atoms in total. The average Bonchev–Trinajstić information content (AvgIpc) is 3.24. The van der Waals surface area contributed by atoms with Crippen LogP contribution < -0.4 is 4.74 Å². The second kappa shape index (κ2) is 7.81. The van der Waals surface area contributed by atoms with Crippen LogP contribution in [-0.2, 0) is 6.42 Å². The van der Waals surface area contributed by atoms with Gasteiger partial charge in [0.25, 0.3) is 5.69 Å². The Kier molecular flexibility index (Phi) is 4.98. The SMILES string of the molecule is CCc1ccc(C2=NN3[C@@H](C2)c2cc(Br)ccc2O[C@H]3c2ccc([N+](=O)[O-])cc2)cc1. The van der Waals surface area contributed by atoms with E-state index in [-0.39, 0.29) is 11.7 Å². The summed E-state index contributed by atoms with van der Waals surface area (Å²) in [5, 5.41) is 18.0. The van der Waals surface area contributed by atoms with E-state index in [1.54, 1.807) is 12.1 Å². The Morgan fingerprint density at radius 1 is 1.13 bits per heavy atom. The van der Waals surface area contributed by atoms with Crippen molar-refractivity contribution >= 4 is 27.3 Å². The van der Waals surface area contributed by atoms with Crippen molar-refractivity contribution in [1.82, 2.24) is 5.01 Å². The second-order valence-electron chi connectivity index (χ2n) is 7.70. The summed E-state index contributed by atoms with van der Waals surface area (Å²) in [6.07, 6.45) is 1.31. The number of aryl methyl sites for hydroxylation is 1. The van der Waals surface area contributed by atoms with Gasteiger partial charge >= 0.3 is 0 Å². The maximum Gasteiger partial charge on any atom is 0.269 e. The van der Waals surface area contributed by atoms with Gasteiger partial charge in [0.15, 0.2) is 0 Å². The number of halogens is 1. The number of fused-ring (bicyclic) bond motifs is 3. The zero-order valence-electron chi connectivity index (χ0n) is 16.9. The number of nitro groups is 1. The highest BCUT2D eigenvalue weighted by Gasteiger charge is 2.41. The molecule has 0 amide bonds. The molecule has 0 saturated heterocycles. The highest BCUT2D eigenvalue weighted by atomic mass is 79.9. The van der Waals surface area contributed by atoms with Crippen LogP contribution in [0.1, 0.15) is 47.9 Å². The molecule has 0 unspecified atom stereocenters. The number of non-ortho nitro benzene ring substituents is 1. The highest BCUT2D eigenvalue weighted by Crippen LogP contribution is 2.48. The first-order valence-electron chi connectivity index (χ1n) is 10.2. The van der Waals surface area contributed by atoms with Crippen LogP contribution in [0.4, 0.5) is 5.69 Å².